The van der Waals surface area contributed by atoms with E-state index in [2.05, 4.69) is 33.2 Å². The van der Waals surface area contributed by atoms with E-state index < -0.39 is 5.97 Å². The number of rotatable bonds is 5. The summed E-state index contributed by atoms with van der Waals surface area (Å²) in [5.74, 6) is 2.67. The van der Waals surface area contributed by atoms with E-state index in [4.69, 9.17) is 11.2 Å². The minimum absolute atomic E-state index is 0.0851. The van der Waals surface area contributed by atoms with Crippen LogP contribution in [-0.4, -0.2) is 52.2 Å². The molecule has 0 amide bonds. The predicted molar refractivity (Wildman–Crippen MR) is 115 cm³/mol. The first-order valence-electron chi connectivity index (χ1n) is 9.75. The van der Waals surface area contributed by atoms with Crippen molar-refractivity contribution in [1.29, 1.82) is 0 Å². The largest absolute Gasteiger partial charge is 0.489 e. The number of nitrogens with zero attached hydrogens (tertiary/aromatic N) is 3. The maximum atomic E-state index is 11.3. The molecule has 0 saturated carbocycles. The van der Waals surface area contributed by atoms with E-state index >= 15 is 0 Å². The van der Waals surface area contributed by atoms with Gasteiger partial charge < -0.3 is 20.1 Å². The predicted octanol–water partition coefficient (Wildman–Crippen LogP) is 3.53. The lowest BCUT2D eigenvalue weighted by molar-refractivity contribution is 0.0696. The Hall–Kier alpha value is -3.63. The molecule has 0 bridgehead atoms. The number of terminal acetylenes is 1. The number of anilines is 2. The Morgan fingerprint density at radius 1 is 1.27 bits per heavy atom. The molecule has 1 fully saturated rings. The smallest absolute Gasteiger partial charge is 0.336 e. The highest BCUT2D eigenvalue weighted by atomic mass is 16.5. The maximum absolute atomic E-state index is 11.3. The van der Waals surface area contributed by atoms with Crippen LogP contribution >= 0.6 is 0 Å². The van der Waals surface area contributed by atoms with Crippen molar-refractivity contribution in [1.82, 2.24) is 14.9 Å². The highest BCUT2D eigenvalue weighted by Gasteiger charge is 2.20. The third kappa shape index (κ3) is 4.04. The molecule has 1 aliphatic heterocycles. The lowest BCUT2D eigenvalue weighted by atomic mass is 10.1. The van der Waals surface area contributed by atoms with Crippen LogP contribution in [0.1, 0.15) is 28.8 Å². The van der Waals surface area contributed by atoms with Crippen LogP contribution in [0.5, 0.6) is 5.75 Å². The number of fused-ring (bicyclic) bond motifs is 1. The van der Waals surface area contributed by atoms with Gasteiger partial charge in [-0.15, -0.1) is 6.42 Å². The molecule has 152 valence electrons. The standard InChI is InChI=1S/C23H22N4O3/c1-3-15-13-16(7-8-18(15)23(28)29)26-22-21-19(24-14-25-22)5-4-6-20(21)30-17-9-11-27(2)12-10-17/h1,4-8,13-14,17H,9-12H2,2H3,(H,28,29)(H,24,25,26). The van der Waals surface area contributed by atoms with E-state index in [-0.39, 0.29) is 11.7 Å². The topological polar surface area (TPSA) is 87.6 Å². The lowest BCUT2D eigenvalue weighted by Gasteiger charge is -2.29. The minimum atomic E-state index is -1.06. The number of likely N-dealkylation sites (tertiary alicyclic amines) is 1. The molecule has 30 heavy (non-hydrogen) atoms. The average Bonchev–Trinajstić information content (AvgIpc) is 2.75. The molecule has 0 radical (unpaired) electrons. The highest BCUT2D eigenvalue weighted by molar-refractivity contribution is 5.96. The van der Waals surface area contributed by atoms with Crippen molar-refractivity contribution in [2.45, 2.75) is 18.9 Å². The van der Waals surface area contributed by atoms with Gasteiger partial charge in [-0.05, 0) is 50.2 Å². The van der Waals surface area contributed by atoms with E-state index in [9.17, 15) is 9.90 Å². The second kappa shape index (κ2) is 8.39. The van der Waals surface area contributed by atoms with Gasteiger partial charge in [0.2, 0.25) is 0 Å². The van der Waals surface area contributed by atoms with Crippen molar-refractivity contribution in [2.75, 3.05) is 25.5 Å². The monoisotopic (exact) mass is 402 g/mol. The van der Waals surface area contributed by atoms with Crippen molar-refractivity contribution < 1.29 is 14.6 Å². The van der Waals surface area contributed by atoms with Crippen LogP contribution in [0, 0.1) is 12.3 Å². The first-order valence-corrected chi connectivity index (χ1v) is 9.75. The van der Waals surface area contributed by atoms with Crippen LogP contribution in [0.2, 0.25) is 0 Å². The van der Waals surface area contributed by atoms with Gasteiger partial charge in [-0.25, -0.2) is 14.8 Å². The Labute approximate surface area is 174 Å². The van der Waals surface area contributed by atoms with Crippen LogP contribution < -0.4 is 10.1 Å². The van der Waals surface area contributed by atoms with E-state index in [0.29, 0.717) is 17.1 Å². The van der Waals surface area contributed by atoms with Crippen molar-refractivity contribution in [3.8, 4) is 18.1 Å². The molecule has 7 nitrogen and oxygen atoms in total. The Bertz CT molecular complexity index is 1130. The molecule has 4 rings (SSSR count). The molecular weight excluding hydrogens is 380 g/mol. The first kappa shape index (κ1) is 19.7. The quantitative estimate of drug-likeness (QED) is 0.631. The molecule has 2 aromatic carbocycles. The highest BCUT2D eigenvalue weighted by Crippen LogP contribution is 2.33. The zero-order valence-electron chi connectivity index (χ0n) is 16.6. The number of nitrogens with one attached hydrogen (secondary N) is 1. The van der Waals surface area contributed by atoms with Crippen LogP contribution in [-0.2, 0) is 0 Å². The first-order chi connectivity index (χ1) is 14.5. The fraction of sp³-hybridized carbons (Fsp3) is 0.261. The van der Waals surface area contributed by atoms with Crippen molar-refractivity contribution in [2.24, 2.45) is 0 Å². The van der Waals surface area contributed by atoms with E-state index in [1.165, 1.54) is 12.4 Å². The SMILES string of the molecule is C#Cc1cc(Nc2ncnc3cccc(OC4CCN(C)CC4)c23)ccc1C(=O)O. The summed E-state index contributed by atoms with van der Waals surface area (Å²) in [4.78, 5) is 22.4. The molecule has 0 spiro atoms. The molecule has 7 heteroatoms. The van der Waals surface area contributed by atoms with E-state index in [0.717, 1.165) is 42.6 Å². The Balaban J connectivity index is 1.68. The number of piperidine rings is 1. The van der Waals surface area contributed by atoms with Gasteiger partial charge in [0.05, 0.1) is 16.5 Å². The molecule has 1 aliphatic rings. The van der Waals surface area contributed by atoms with Crippen molar-refractivity contribution in [3.63, 3.8) is 0 Å². The third-order valence-electron chi connectivity index (χ3n) is 5.25. The Kier molecular flexibility index (Phi) is 5.50. The van der Waals surface area contributed by atoms with Gasteiger partial charge in [-0.2, -0.15) is 0 Å². The van der Waals surface area contributed by atoms with Crippen LogP contribution in [0.25, 0.3) is 10.9 Å². The van der Waals surface area contributed by atoms with Gasteiger partial charge in [0.15, 0.2) is 0 Å². The van der Waals surface area contributed by atoms with Gasteiger partial charge >= 0.3 is 5.97 Å². The lowest BCUT2D eigenvalue weighted by Crippen LogP contribution is -2.35. The van der Waals surface area contributed by atoms with Crippen molar-refractivity contribution in [3.05, 3.63) is 53.9 Å². The maximum Gasteiger partial charge on any atom is 0.336 e. The fourth-order valence-electron chi connectivity index (χ4n) is 3.62. The van der Waals surface area contributed by atoms with E-state index in [1.54, 1.807) is 12.1 Å². The zero-order valence-corrected chi connectivity index (χ0v) is 16.6. The zero-order chi connectivity index (χ0) is 21.1. The van der Waals surface area contributed by atoms with Crippen LogP contribution in [0.15, 0.2) is 42.7 Å². The molecule has 1 saturated heterocycles. The van der Waals surface area contributed by atoms with Gasteiger partial charge in [0, 0.05) is 24.3 Å². The number of carboxylic acid groups (broad SMARTS) is 1. The molecule has 0 aliphatic carbocycles. The van der Waals surface area contributed by atoms with Crippen LogP contribution in [0.4, 0.5) is 11.5 Å². The number of benzene rings is 2. The molecule has 3 aromatic rings. The summed E-state index contributed by atoms with van der Waals surface area (Å²) in [5.41, 5.74) is 1.79. The summed E-state index contributed by atoms with van der Waals surface area (Å²) >= 11 is 0. The average molecular weight is 402 g/mol. The van der Waals surface area contributed by atoms with E-state index in [1.807, 2.05) is 18.2 Å². The van der Waals surface area contributed by atoms with Crippen molar-refractivity contribution >= 4 is 28.4 Å². The van der Waals surface area contributed by atoms with Gasteiger partial charge in [-0.3, -0.25) is 0 Å². The van der Waals surface area contributed by atoms with Crippen LogP contribution in [0.3, 0.4) is 0 Å². The summed E-state index contributed by atoms with van der Waals surface area (Å²) in [6, 6.07) is 10.5. The minimum Gasteiger partial charge on any atom is -0.489 e. The summed E-state index contributed by atoms with van der Waals surface area (Å²) in [7, 11) is 2.12. The molecule has 0 unspecified atom stereocenters. The number of aromatic carboxylic acids is 1. The Morgan fingerprint density at radius 3 is 2.80 bits per heavy atom. The molecular formula is C23H22N4O3. The fourth-order valence-corrected chi connectivity index (χ4v) is 3.62. The van der Waals surface area contributed by atoms with Gasteiger partial charge in [-0.1, -0.05) is 12.0 Å². The molecule has 1 aromatic heterocycles. The molecule has 2 N–H and O–H groups in total. The summed E-state index contributed by atoms with van der Waals surface area (Å²) in [6.07, 6.45) is 9.04. The number of carboxylic acids is 1. The number of ether oxygens (including phenoxy) is 1. The second-order valence-corrected chi connectivity index (χ2v) is 7.33. The number of aromatic nitrogens is 2. The molecule has 0 atom stereocenters. The summed E-state index contributed by atoms with van der Waals surface area (Å²) in [6.45, 7) is 2.00. The molecule has 2 heterocycles. The number of carbonyl (C=O) groups is 1. The normalized spacial score (nSPS) is 14.9. The van der Waals surface area contributed by atoms with Gasteiger partial charge in [0.25, 0.3) is 0 Å². The van der Waals surface area contributed by atoms with Gasteiger partial charge in [0.1, 0.15) is 24.0 Å². The summed E-state index contributed by atoms with van der Waals surface area (Å²) < 4.78 is 6.33. The third-order valence-corrected chi connectivity index (χ3v) is 5.25. The second-order valence-electron chi connectivity index (χ2n) is 7.33. The Morgan fingerprint density at radius 2 is 2.07 bits per heavy atom. The summed E-state index contributed by atoms with van der Waals surface area (Å²) in [5, 5.41) is 13.3. The number of hydrogen-bond donors (Lipinski definition) is 2. The number of hydrogen-bond acceptors (Lipinski definition) is 6.